The SMILES string of the molecule is c1cc2c3c(c1)CCc1ccc(n1-3)CC2. The van der Waals surface area contributed by atoms with E-state index in [0.29, 0.717) is 0 Å². The first-order valence-corrected chi connectivity index (χ1v) is 5.74. The first kappa shape index (κ1) is 7.75. The van der Waals surface area contributed by atoms with E-state index in [9.17, 15) is 0 Å². The van der Waals surface area contributed by atoms with E-state index in [1.807, 2.05) is 0 Å². The van der Waals surface area contributed by atoms with Gasteiger partial charge in [0.1, 0.15) is 0 Å². The van der Waals surface area contributed by atoms with Gasteiger partial charge < -0.3 is 4.57 Å². The molecule has 1 aromatic carbocycles. The molecule has 0 bridgehead atoms. The number of para-hydroxylation sites is 1. The summed E-state index contributed by atoms with van der Waals surface area (Å²) < 4.78 is 2.50. The van der Waals surface area contributed by atoms with Gasteiger partial charge in [0.2, 0.25) is 0 Å². The minimum absolute atomic E-state index is 1.20. The number of rotatable bonds is 0. The van der Waals surface area contributed by atoms with Crippen LogP contribution in [-0.4, -0.2) is 4.57 Å². The molecule has 15 heavy (non-hydrogen) atoms. The van der Waals surface area contributed by atoms with Crippen molar-refractivity contribution in [3.05, 3.63) is 52.8 Å². The molecule has 0 radical (unpaired) electrons. The molecule has 0 fully saturated rings. The van der Waals surface area contributed by atoms with Crippen molar-refractivity contribution >= 4 is 0 Å². The zero-order valence-corrected chi connectivity index (χ0v) is 8.66. The summed E-state index contributed by atoms with van der Waals surface area (Å²) in [7, 11) is 0. The van der Waals surface area contributed by atoms with Gasteiger partial charge in [-0.2, -0.15) is 0 Å². The van der Waals surface area contributed by atoms with Gasteiger partial charge >= 0.3 is 0 Å². The molecule has 2 aliphatic heterocycles. The molecule has 0 atom stereocenters. The normalized spacial score (nSPS) is 16.3. The van der Waals surface area contributed by atoms with E-state index in [-0.39, 0.29) is 0 Å². The number of aromatic nitrogens is 1. The number of hydrogen-bond acceptors (Lipinski definition) is 0. The van der Waals surface area contributed by atoms with E-state index in [2.05, 4.69) is 34.9 Å². The first-order chi connectivity index (χ1) is 7.43. The highest BCUT2D eigenvalue weighted by molar-refractivity contribution is 5.55. The predicted octanol–water partition coefficient (Wildman–Crippen LogP) is 2.67. The Hall–Kier alpha value is -1.50. The molecule has 0 amide bonds. The van der Waals surface area contributed by atoms with E-state index in [1.54, 1.807) is 0 Å². The van der Waals surface area contributed by atoms with Crippen molar-refractivity contribution in [2.45, 2.75) is 25.7 Å². The highest BCUT2D eigenvalue weighted by Gasteiger charge is 2.23. The van der Waals surface area contributed by atoms with Crippen molar-refractivity contribution in [2.24, 2.45) is 0 Å². The Morgan fingerprint density at radius 2 is 1.33 bits per heavy atom. The Bertz CT molecular complexity index is 505. The van der Waals surface area contributed by atoms with Crippen molar-refractivity contribution in [1.82, 2.24) is 4.57 Å². The summed E-state index contributed by atoms with van der Waals surface area (Å²) in [6, 6.07) is 11.4. The zero-order valence-electron chi connectivity index (χ0n) is 8.66. The summed E-state index contributed by atoms with van der Waals surface area (Å²) in [5, 5.41) is 0. The second-order valence-corrected chi connectivity index (χ2v) is 4.58. The molecule has 1 aromatic heterocycles. The maximum absolute atomic E-state index is 2.50. The van der Waals surface area contributed by atoms with Crippen LogP contribution < -0.4 is 0 Å². The minimum Gasteiger partial charge on any atom is -0.317 e. The number of nitrogens with zero attached hydrogens (tertiary/aromatic N) is 1. The van der Waals surface area contributed by atoms with Gasteiger partial charge in [0.15, 0.2) is 0 Å². The van der Waals surface area contributed by atoms with Crippen molar-refractivity contribution in [3.63, 3.8) is 0 Å². The largest absolute Gasteiger partial charge is 0.317 e. The quantitative estimate of drug-likeness (QED) is 0.609. The smallest absolute Gasteiger partial charge is 0.0519 e. The fourth-order valence-electron chi connectivity index (χ4n) is 3.06. The van der Waals surface area contributed by atoms with Crippen LogP contribution in [0, 0.1) is 0 Å². The van der Waals surface area contributed by atoms with Crippen LogP contribution >= 0.6 is 0 Å². The average molecular weight is 195 g/mol. The zero-order chi connectivity index (χ0) is 9.83. The lowest BCUT2D eigenvalue weighted by molar-refractivity contribution is 0.722. The van der Waals surface area contributed by atoms with Gasteiger partial charge in [0.05, 0.1) is 5.69 Å². The predicted molar refractivity (Wildman–Crippen MR) is 60.6 cm³/mol. The molecule has 4 rings (SSSR count). The molecule has 74 valence electrons. The van der Waals surface area contributed by atoms with Crippen molar-refractivity contribution in [3.8, 4) is 5.69 Å². The van der Waals surface area contributed by atoms with Crippen molar-refractivity contribution in [1.29, 1.82) is 0 Å². The van der Waals surface area contributed by atoms with E-state index in [0.717, 1.165) is 0 Å². The summed E-state index contributed by atoms with van der Waals surface area (Å²) in [6.45, 7) is 0. The molecule has 0 N–H and O–H groups in total. The minimum atomic E-state index is 1.20. The molecule has 1 nitrogen and oxygen atoms in total. The molecule has 0 saturated carbocycles. The molecule has 2 aliphatic rings. The third-order valence-electron chi connectivity index (χ3n) is 3.77. The topological polar surface area (TPSA) is 4.93 Å². The Labute approximate surface area is 89.4 Å². The Kier molecular flexibility index (Phi) is 1.31. The second-order valence-electron chi connectivity index (χ2n) is 4.58. The molecule has 0 spiro atoms. The molecule has 2 aromatic rings. The number of benzene rings is 1. The summed E-state index contributed by atoms with van der Waals surface area (Å²) >= 11 is 0. The molecular weight excluding hydrogens is 182 g/mol. The fraction of sp³-hybridized carbons (Fsp3) is 0.286. The fourth-order valence-corrected chi connectivity index (χ4v) is 3.06. The van der Waals surface area contributed by atoms with Crippen LogP contribution in [0.3, 0.4) is 0 Å². The van der Waals surface area contributed by atoms with E-state index < -0.39 is 0 Å². The summed E-state index contributed by atoms with van der Waals surface area (Å²) in [5.41, 5.74) is 7.59. The lowest BCUT2D eigenvalue weighted by Crippen LogP contribution is -2.20. The van der Waals surface area contributed by atoms with Gasteiger partial charge in [-0.3, -0.25) is 0 Å². The third-order valence-corrected chi connectivity index (χ3v) is 3.77. The van der Waals surface area contributed by atoms with Gasteiger partial charge in [0.25, 0.3) is 0 Å². The van der Waals surface area contributed by atoms with E-state index >= 15 is 0 Å². The molecule has 1 heteroatoms. The second kappa shape index (κ2) is 2.54. The van der Waals surface area contributed by atoms with Crippen LogP contribution in [-0.2, 0) is 25.7 Å². The summed E-state index contributed by atoms with van der Waals surface area (Å²) in [4.78, 5) is 0. The third kappa shape index (κ3) is 0.883. The van der Waals surface area contributed by atoms with Crippen LogP contribution in [0.15, 0.2) is 30.3 Å². The number of hydrogen-bond donors (Lipinski definition) is 0. The molecule has 3 heterocycles. The molecular formula is C14H13N. The molecule has 0 saturated heterocycles. The average Bonchev–Trinajstić information content (AvgIpc) is 2.71. The highest BCUT2D eigenvalue weighted by Crippen LogP contribution is 2.34. The van der Waals surface area contributed by atoms with Gasteiger partial charge in [-0.15, -0.1) is 0 Å². The van der Waals surface area contributed by atoms with Gasteiger partial charge in [-0.05, 0) is 48.9 Å². The molecule has 0 unspecified atom stereocenters. The highest BCUT2D eigenvalue weighted by atomic mass is 15.0. The Morgan fingerprint density at radius 3 is 1.93 bits per heavy atom. The Morgan fingerprint density at radius 1 is 0.733 bits per heavy atom. The first-order valence-electron chi connectivity index (χ1n) is 5.74. The number of aryl methyl sites for hydroxylation is 4. The van der Waals surface area contributed by atoms with Crippen LogP contribution in [0.1, 0.15) is 22.5 Å². The van der Waals surface area contributed by atoms with Crippen molar-refractivity contribution < 1.29 is 0 Å². The van der Waals surface area contributed by atoms with E-state index in [4.69, 9.17) is 0 Å². The van der Waals surface area contributed by atoms with Crippen LogP contribution in [0.4, 0.5) is 0 Å². The van der Waals surface area contributed by atoms with Gasteiger partial charge in [0, 0.05) is 11.4 Å². The summed E-state index contributed by atoms with van der Waals surface area (Å²) in [6.07, 6.45) is 4.84. The van der Waals surface area contributed by atoms with Crippen LogP contribution in [0.25, 0.3) is 5.69 Å². The van der Waals surface area contributed by atoms with Crippen molar-refractivity contribution in [2.75, 3.05) is 0 Å². The van der Waals surface area contributed by atoms with Crippen LogP contribution in [0.2, 0.25) is 0 Å². The van der Waals surface area contributed by atoms with E-state index in [1.165, 1.54) is 53.9 Å². The summed E-state index contributed by atoms with van der Waals surface area (Å²) in [5.74, 6) is 0. The standard InChI is InChI=1S/C14H13N/c1-2-10-4-6-12-8-9-13-7-5-11(3-1)14(10)15(12)13/h1-3,8-9H,4-7H2. The molecule has 0 aliphatic carbocycles. The van der Waals surface area contributed by atoms with Gasteiger partial charge in [-0.1, -0.05) is 18.2 Å². The maximum Gasteiger partial charge on any atom is 0.0519 e. The maximum atomic E-state index is 2.50. The monoisotopic (exact) mass is 195 g/mol. The van der Waals surface area contributed by atoms with Gasteiger partial charge in [-0.25, -0.2) is 0 Å². The lowest BCUT2D eigenvalue weighted by Gasteiger charge is -2.28. The van der Waals surface area contributed by atoms with Crippen LogP contribution in [0.5, 0.6) is 0 Å². The Balaban J connectivity index is 2.16. The lowest BCUT2D eigenvalue weighted by atomic mass is 9.93.